The van der Waals surface area contributed by atoms with Crippen LogP contribution in [0.4, 0.5) is 0 Å². The first-order valence-electron chi connectivity index (χ1n) is 6.99. The third kappa shape index (κ3) is 2.37. The molecule has 4 heteroatoms. The normalized spacial score (nSPS) is 28.1. The van der Waals surface area contributed by atoms with E-state index in [-0.39, 0.29) is 0 Å². The zero-order chi connectivity index (χ0) is 16.0. The van der Waals surface area contributed by atoms with Gasteiger partial charge in [-0.05, 0) is 35.4 Å². The summed E-state index contributed by atoms with van der Waals surface area (Å²) in [5.41, 5.74) is -0.846. The maximum atomic E-state index is 11.3. The van der Waals surface area contributed by atoms with Gasteiger partial charge in [-0.3, -0.25) is 0 Å². The summed E-state index contributed by atoms with van der Waals surface area (Å²) in [6.45, 7) is 3.96. The van der Waals surface area contributed by atoms with E-state index in [0.29, 0.717) is 34.0 Å². The predicted octanol–water partition coefficient (Wildman–Crippen LogP) is 4.42. The van der Waals surface area contributed by atoms with E-state index >= 15 is 0 Å². The van der Waals surface area contributed by atoms with E-state index in [2.05, 4.69) is 6.58 Å². The Morgan fingerprint density at radius 3 is 1.36 bits per heavy atom. The number of aliphatic hydroxyl groups is 2. The average molecular weight is 335 g/mol. The lowest BCUT2D eigenvalue weighted by molar-refractivity contribution is -0.143. The smallest absolute Gasteiger partial charge is 0.126 e. The van der Waals surface area contributed by atoms with Gasteiger partial charge in [0.2, 0.25) is 0 Å². The van der Waals surface area contributed by atoms with Gasteiger partial charge in [-0.15, -0.1) is 0 Å². The zero-order valence-corrected chi connectivity index (χ0v) is 13.4. The van der Waals surface area contributed by atoms with Crippen molar-refractivity contribution in [3.63, 3.8) is 0 Å². The van der Waals surface area contributed by atoms with Crippen LogP contribution in [-0.4, -0.2) is 10.2 Å². The van der Waals surface area contributed by atoms with Crippen LogP contribution in [0.2, 0.25) is 10.0 Å². The van der Waals surface area contributed by atoms with Gasteiger partial charge in [-0.1, -0.05) is 59.6 Å². The summed E-state index contributed by atoms with van der Waals surface area (Å²) in [6, 6.07) is 13.8. The molecule has 2 N–H and O–H groups in total. The Morgan fingerprint density at radius 1 is 0.727 bits per heavy atom. The molecular formula is C18H16Cl2O2. The highest BCUT2D eigenvalue weighted by molar-refractivity contribution is 6.30. The second-order valence-electron chi connectivity index (χ2n) is 5.84. The van der Waals surface area contributed by atoms with Crippen LogP contribution >= 0.6 is 23.2 Å². The Morgan fingerprint density at radius 2 is 1.05 bits per heavy atom. The van der Waals surface area contributed by atoms with Gasteiger partial charge in [0.05, 0.1) is 0 Å². The fourth-order valence-corrected chi connectivity index (χ4v) is 3.46. The molecule has 0 unspecified atom stereocenters. The first-order valence-corrected chi connectivity index (χ1v) is 7.74. The van der Waals surface area contributed by atoms with Gasteiger partial charge < -0.3 is 10.2 Å². The quantitative estimate of drug-likeness (QED) is 0.798. The topological polar surface area (TPSA) is 40.5 Å². The van der Waals surface area contributed by atoms with Crippen LogP contribution in [0.15, 0.2) is 60.7 Å². The second kappa shape index (κ2) is 5.39. The standard InChI is InChI=1S/C18H16Cl2O2/c1-12-10-17(21,13-2-6-15(19)7-3-13)18(22,11-12)14-4-8-16(20)9-5-14/h2-9,21-22H,1,10-11H2/t17-,18+. The molecule has 2 aromatic rings. The van der Waals surface area contributed by atoms with Crippen LogP contribution in [0.5, 0.6) is 0 Å². The number of benzene rings is 2. The largest absolute Gasteiger partial charge is 0.381 e. The molecular weight excluding hydrogens is 319 g/mol. The van der Waals surface area contributed by atoms with Crippen molar-refractivity contribution < 1.29 is 10.2 Å². The van der Waals surface area contributed by atoms with Gasteiger partial charge in [-0.25, -0.2) is 0 Å². The van der Waals surface area contributed by atoms with Gasteiger partial charge in [0.15, 0.2) is 0 Å². The molecule has 0 amide bonds. The highest BCUT2D eigenvalue weighted by Gasteiger charge is 2.56. The van der Waals surface area contributed by atoms with Crippen molar-refractivity contribution in [3.8, 4) is 0 Å². The molecule has 22 heavy (non-hydrogen) atoms. The Kier molecular flexibility index (Phi) is 3.82. The molecule has 3 rings (SSSR count). The molecule has 0 saturated heterocycles. The van der Waals surface area contributed by atoms with Crippen molar-refractivity contribution >= 4 is 23.2 Å². The second-order valence-corrected chi connectivity index (χ2v) is 6.71. The summed E-state index contributed by atoms with van der Waals surface area (Å²) in [5, 5.41) is 23.7. The van der Waals surface area contributed by atoms with Gasteiger partial charge in [-0.2, -0.15) is 0 Å². The first kappa shape index (κ1) is 15.6. The van der Waals surface area contributed by atoms with E-state index in [9.17, 15) is 10.2 Å². The third-order valence-corrected chi connectivity index (χ3v) is 4.84. The summed E-state index contributed by atoms with van der Waals surface area (Å²) in [7, 11) is 0. The van der Waals surface area contributed by atoms with E-state index in [1.807, 2.05) is 0 Å². The average Bonchev–Trinajstić information content (AvgIpc) is 2.71. The van der Waals surface area contributed by atoms with Crippen LogP contribution in [0.25, 0.3) is 0 Å². The highest BCUT2D eigenvalue weighted by atomic mass is 35.5. The van der Waals surface area contributed by atoms with Crippen LogP contribution < -0.4 is 0 Å². The van der Waals surface area contributed by atoms with Crippen molar-refractivity contribution in [3.05, 3.63) is 81.9 Å². The van der Waals surface area contributed by atoms with Crippen molar-refractivity contribution in [2.75, 3.05) is 0 Å². The maximum absolute atomic E-state index is 11.3. The minimum absolute atomic E-state index is 0.299. The molecule has 2 nitrogen and oxygen atoms in total. The van der Waals surface area contributed by atoms with E-state index in [1.54, 1.807) is 48.5 Å². The van der Waals surface area contributed by atoms with Crippen LogP contribution in [-0.2, 0) is 11.2 Å². The zero-order valence-electron chi connectivity index (χ0n) is 11.9. The predicted molar refractivity (Wildman–Crippen MR) is 89.1 cm³/mol. The Hall–Kier alpha value is -1.32. The molecule has 114 valence electrons. The molecule has 1 aliphatic rings. The van der Waals surface area contributed by atoms with E-state index in [0.717, 1.165) is 5.57 Å². The molecule has 1 saturated carbocycles. The number of halogens is 2. The molecule has 0 spiro atoms. The van der Waals surface area contributed by atoms with Crippen LogP contribution in [0.1, 0.15) is 24.0 Å². The first-order chi connectivity index (χ1) is 10.3. The Labute approximate surface area is 139 Å². The summed E-state index contributed by atoms with van der Waals surface area (Å²) in [5.74, 6) is 0. The fourth-order valence-electron chi connectivity index (χ4n) is 3.21. The van der Waals surface area contributed by atoms with E-state index < -0.39 is 11.2 Å². The number of hydrogen-bond donors (Lipinski definition) is 2. The summed E-state index contributed by atoms with van der Waals surface area (Å²) >= 11 is 11.8. The van der Waals surface area contributed by atoms with Crippen molar-refractivity contribution in [1.82, 2.24) is 0 Å². The van der Waals surface area contributed by atoms with Crippen LogP contribution in [0.3, 0.4) is 0 Å². The summed E-state index contributed by atoms with van der Waals surface area (Å²) in [4.78, 5) is 0. The molecule has 2 atom stereocenters. The lowest BCUT2D eigenvalue weighted by Gasteiger charge is -2.38. The molecule has 2 aromatic carbocycles. The van der Waals surface area contributed by atoms with E-state index in [4.69, 9.17) is 23.2 Å². The number of hydrogen-bond acceptors (Lipinski definition) is 2. The molecule has 0 aromatic heterocycles. The lowest BCUT2D eigenvalue weighted by Crippen LogP contribution is -2.45. The summed E-state index contributed by atoms with van der Waals surface area (Å²) in [6.07, 6.45) is 0.599. The monoisotopic (exact) mass is 334 g/mol. The molecule has 1 fully saturated rings. The maximum Gasteiger partial charge on any atom is 0.126 e. The molecule has 0 aliphatic heterocycles. The van der Waals surface area contributed by atoms with Crippen molar-refractivity contribution in [1.29, 1.82) is 0 Å². The van der Waals surface area contributed by atoms with Gasteiger partial charge in [0.25, 0.3) is 0 Å². The van der Waals surface area contributed by atoms with Crippen molar-refractivity contribution in [2.24, 2.45) is 0 Å². The van der Waals surface area contributed by atoms with E-state index in [1.165, 1.54) is 0 Å². The van der Waals surface area contributed by atoms with Crippen LogP contribution in [0, 0.1) is 0 Å². The Bertz CT molecular complexity index is 647. The lowest BCUT2D eigenvalue weighted by atomic mass is 9.76. The summed E-state index contributed by atoms with van der Waals surface area (Å²) < 4.78 is 0. The molecule has 0 radical (unpaired) electrons. The third-order valence-electron chi connectivity index (χ3n) is 4.34. The molecule has 0 bridgehead atoms. The van der Waals surface area contributed by atoms with Crippen molar-refractivity contribution in [2.45, 2.75) is 24.0 Å². The minimum atomic E-state index is -1.44. The fraction of sp³-hybridized carbons (Fsp3) is 0.222. The SMILES string of the molecule is C=C1C[C@@](O)(c2ccc(Cl)cc2)[C@@](O)(c2ccc(Cl)cc2)C1. The highest BCUT2D eigenvalue weighted by Crippen LogP contribution is 2.54. The number of rotatable bonds is 2. The molecule has 1 aliphatic carbocycles. The van der Waals surface area contributed by atoms with Gasteiger partial charge >= 0.3 is 0 Å². The minimum Gasteiger partial charge on any atom is -0.381 e. The van der Waals surface area contributed by atoms with Gasteiger partial charge in [0.1, 0.15) is 11.2 Å². The molecule has 0 heterocycles. The Balaban J connectivity index is 2.13. The van der Waals surface area contributed by atoms with Gasteiger partial charge in [0, 0.05) is 22.9 Å².